The lowest BCUT2D eigenvalue weighted by Crippen LogP contribution is -2.47. The van der Waals surface area contributed by atoms with E-state index in [4.69, 9.17) is 5.84 Å². The SMILES string of the molecule is CCC1(C(CCC(C)C)NN)CCCC1. The molecule has 0 aromatic heterocycles. The highest BCUT2D eigenvalue weighted by Gasteiger charge is 2.38. The molecule has 1 fully saturated rings. The van der Waals surface area contributed by atoms with Gasteiger partial charge in [0.25, 0.3) is 0 Å². The van der Waals surface area contributed by atoms with Gasteiger partial charge in [-0.3, -0.25) is 11.3 Å². The van der Waals surface area contributed by atoms with Crippen molar-refractivity contribution in [2.45, 2.75) is 71.8 Å². The van der Waals surface area contributed by atoms with Crippen molar-refractivity contribution in [1.29, 1.82) is 0 Å². The molecule has 90 valence electrons. The van der Waals surface area contributed by atoms with Crippen LogP contribution in [0.4, 0.5) is 0 Å². The van der Waals surface area contributed by atoms with Gasteiger partial charge in [0.05, 0.1) is 0 Å². The summed E-state index contributed by atoms with van der Waals surface area (Å²) in [4.78, 5) is 0. The number of nitrogens with one attached hydrogen (secondary N) is 1. The largest absolute Gasteiger partial charge is 0.271 e. The predicted molar refractivity (Wildman–Crippen MR) is 66.4 cm³/mol. The Labute approximate surface area is 95.0 Å². The first-order valence-corrected chi connectivity index (χ1v) is 6.60. The second kappa shape index (κ2) is 5.86. The van der Waals surface area contributed by atoms with Crippen LogP contribution in [-0.2, 0) is 0 Å². The number of hydrogen-bond donors (Lipinski definition) is 2. The molecule has 0 amide bonds. The molecule has 0 radical (unpaired) electrons. The minimum Gasteiger partial charge on any atom is -0.271 e. The molecule has 1 aliphatic rings. The summed E-state index contributed by atoms with van der Waals surface area (Å²) in [6, 6.07) is 0.535. The Morgan fingerprint density at radius 2 is 1.80 bits per heavy atom. The molecule has 0 spiro atoms. The van der Waals surface area contributed by atoms with E-state index in [0.717, 1.165) is 5.92 Å². The molecule has 2 heteroatoms. The molecule has 1 rings (SSSR count). The lowest BCUT2D eigenvalue weighted by atomic mass is 9.74. The lowest BCUT2D eigenvalue weighted by molar-refractivity contribution is 0.171. The van der Waals surface area contributed by atoms with Gasteiger partial charge in [0.15, 0.2) is 0 Å². The summed E-state index contributed by atoms with van der Waals surface area (Å²) in [6.45, 7) is 6.91. The molecule has 15 heavy (non-hydrogen) atoms. The van der Waals surface area contributed by atoms with Crippen LogP contribution in [0.5, 0.6) is 0 Å². The Balaban J connectivity index is 2.54. The van der Waals surface area contributed by atoms with Gasteiger partial charge < -0.3 is 0 Å². The van der Waals surface area contributed by atoms with Gasteiger partial charge in [-0.05, 0) is 43.4 Å². The first-order valence-electron chi connectivity index (χ1n) is 6.60. The van der Waals surface area contributed by atoms with Crippen LogP contribution in [0, 0.1) is 11.3 Å². The van der Waals surface area contributed by atoms with E-state index in [-0.39, 0.29) is 0 Å². The quantitative estimate of drug-likeness (QED) is 0.524. The summed E-state index contributed by atoms with van der Waals surface area (Å²) in [6.07, 6.45) is 9.34. The lowest BCUT2D eigenvalue weighted by Gasteiger charge is -2.37. The molecule has 1 aliphatic carbocycles. The maximum atomic E-state index is 5.75. The van der Waals surface area contributed by atoms with Crippen LogP contribution in [0.25, 0.3) is 0 Å². The van der Waals surface area contributed by atoms with Crippen molar-refractivity contribution < 1.29 is 0 Å². The van der Waals surface area contributed by atoms with E-state index in [2.05, 4.69) is 26.2 Å². The van der Waals surface area contributed by atoms with E-state index in [1.165, 1.54) is 44.9 Å². The average molecular weight is 212 g/mol. The normalized spacial score (nSPS) is 22.2. The second-order valence-electron chi connectivity index (χ2n) is 5.61. The Bertz CT molecular complexity index is 171. The third-order valence-electron chi connectivity index (χ3n) is 4.28. The highest BCUT2D eigenvalue weighted by atomic mass is 15.2. The molecule has 0 aromatic rings. The Kier molecular flexibility index (Phi) is 5.07. The molecule has 0 bridgehead atoms. The van der Waals surface area contributed by atoms with Gasteiger partial charge in [-0.25, -0.2) is 0 Å². The number of hydrazine groups is 1. The summed E-state index contributed by atoms with van der Waals surface area (Å²) >= 11 is 0. The van der Waals surface area contributed by atoms with Crippen molar-refractivity contribution in [3.8, 4) is 0 Å². The Hall–Kier alpha value is -0.0800. The van der Waals surface area contributed by atoms with E-state index in [0.29, 0.717) is 11.5 Å². The van der Waals surface area contributed by atoms with E-state index in [9.17, 15) is 0 Å². The van der Waals surface area contributed by atoms with Crippen LogP contribution in [0.15, 0.2) is 0 Å². The summed E-state index contributed by atoms with van der Waals surface area (Å²) in [5.74, 6) is 6.54. The minimum absolute atomic E-state index is 0.504. The molecule has 0 saturated heterocycles. The van der Waals surface area contributed by atoms with Crippen molar-refractivity contribution in [3.63, 3.8) is 0 Å². The first-order chi connectivity index (χ1) is 7.14. The molecule has 2 nitrogen and oxygen atoms in total. The second-order valence-corrected chi connectivity index (χ2v) is 5.61. The fourth-order valence-corrected chi connectivity index (χ4v) is 3.09. The van der Waals surface area contributed by atoms with E-state index >= 15 is 0 Å². The molecule has 0 heterocycles. The van der Waals surface area contributed by atoms with Crippen LogP contribution < -0.4 is 11.3 Å². The third-order valence-corrected chi connectivity index (χ3v) is 4.28. The molecular weight excluding hydrogens is 184 g/mol. The molecule has 0 aromatic carbocycles. The van der Waals surface area contributed by atoms with Gasteiger partial charge in [-0.1, -0.05) is 33.6 Å². The Morgan fingerprint density at radius 3 is 2.20 bits per heavy atom. The highest BCUT2D eigenvalue weighted by Crippen LogP contribution is 2.45. The topological polar surface area (TPSA) is 38.0 Å². The van der Waals surface area contributed by atoms with Crippen molar-refractivity contribution in [1.82, 2.24) is 5.43 Å². The molecule has 1 unspecified atom stereocenters. The molecule has 0 aliphatic heterocycles. The van der Waals surface area contributed by atoms with Gasteiger partial charge in [0.1, 0.15) is 0 Å². The van der Waals surface area contributed by atoms with Gasteiger partial charge in [-0.15, -0.1) is 0 Å². The fraction of sp³-hybridized carbons (Fsp3) is 1.00. The zero-order valence-corrected chi connectivity index (χ0v) is 10.7. The van der Waals surface area contributed by atoms with Crippen molar-refractivity contribution in [2.24, 2.45) is 17.2 Å². The van der Waals surface area contributed by atoms with Crippen LogP contribution in [0.1, 0.15) is 65.7 Å². The summed E-state index contributed by atoms with van der Waals surface area (Å²) in [7, 11) is 0. The maximum Gasteiger partial charge on any atom is 0.0266 e. The third kappa shape index (κ3) is 3.18. The van der Waals surface area contributed by atoms with Crippen LogP contribution >= 0.6 is 0 Å². The van der Waals surface area contributed by atoms with Gasteiger partial charge in [-0.2, -0.15) is 0 Å². The van der Waals surface area contributed by atoms with E-state index in [1.807, 2.05) is 0 Å². The van der Waals surface area contributed by atoms with Crippen LogP contribution in [-0.4, -0.2) is 6.04 Å². The van der Waals surface area contributed by atoms with Gasteiger partial charge >= 0.3 is 0 Å². The van der Waals surface area contributed by atoms with E-state index < -0.39 is 0 Å². The number of hydrogen-bond acceptors (Lipinski definition) is 2. The molecule has 1 atom stereocenters. The molecule has 1 saturated carbocycles. The highest BCUT2D eigenvalue weighted by molar-refractivity contribution is 4.92. The maximum absolute atomic E-state index is 5.75. The van der Waals surface area contributed by atoms with Crippen molar-refractivity contribution in [2.75, 3.05) is 0 Å². The average Bonchev–Trinajstić information content (AvgIpc) is 2.68. The minimum atomic E-state index is 0.504. The summed E-state index contributed by atoms with van der Waals surface area (Å²) < 4.78 is 0. The van der Waals surface area contributed by atoms with Crippen molar-refractivity contribution in [3.05, 3.63) is 0 Å². The fourth-order valence-electron chi connectivity index (χ4n) is 3.09. The zero-order chi connectivity index (χ0) is 11.3. The van der Waals surface area contributed by atoms with Gasteiger partial charge in [0, 0.05) is 6.04 Å². The smallest absolute Gasteiger partial charge is 0.0266 e. The number of nitrogens with two attached hydrogens (primary N) is 1. The molecular formula is C13H28N2. The van der Waals surface area contributed by atoms with E-state index in [1.54, 1.807) is 0 Å². The predicted octanol–water partition coefficient (Wildman–Crippen LogP) is 3.22. The van der Waals surface area contributed by atoms with Crippen molar-refractivity contribution >= 4 is 0 Å². The number of rotatable bonds is 6. The van der Waals surface area contributed by atoms with Gasteiger partial charge in [0.2, 0.25) is 0 Å². The summed E-state index contributed by atoms with van der Waals surface area (Å²) in [5, 5.41) is 0. The summed E-state index contributed by atoms with van der Waals surface area (Å²) in [5.41, 5.74) is 3.59. The van der Waals surface area contributed by atoms with Crippen LogP contribution in [0.3, 0.4) is 0 Å². The molecule has 3 N–H and O–H groups in total. The standard InChI is InChI=1S/C13H28N2/c1-4-13(9-5-6-10-13)12(15-14)8-7-11(2)3/h11-12,15H,4-10,14H2,1-3H3. The zero-order valence-electron chi connectivity index (χ0n) is 10.7. The first kappa shape index (κ1) is 13.0. The Morgan fingerprint density at radius 1 is 1.20 bits per heavy atom. The van der Waals surface area contributed by atoms with Crippen LogP contribution in [0.2, 0.25) is 0 Å². The monoisotopic (exact) mass is 212 g/mol.